The van der Waals surface area contributed by atoms with E-state index in [-0.39, 0.29) is 17.1 Å². The van der Waals surface area contributed by atoms with Gasteiger partial charge in [-0.2, -0.15) is 0 Å². The third-order valence-corrected chi connectivity index (χ3v) is 5.08. The van der Waals surface area contributed by atoms with Crippen LogP contribution in [0.1, 0.15) is 0 Å². The number of carbonyl (C=O) groups excluding carboxylic acids is 1. The lowest BCUT2D eigenvalue weighted by Gasteiger charge is -2.13. The summed E-state index contributed by atoms with van der Waals surface area (Å²) >= 11 is 0. The lowest BCUT2D eigenvalue weighted by Crippen LogP contribution is -2.23. The number of rotatable bonds is 6. The Morgan fingerprint density at radius 2 is 1.76 bits per heavy atom. The van der Waals surface area contributed by atoms with E-state index in [1.165, 1.54) is 32.3 Å². The van der Waals surface area contributed by atoms with Crippen molar-refractivity contribution >= 4 is 27.3 Å². The molecule has 0 aliphatic rings. The third kappa shape index (κ3) is 4.74. The highest BCUT2D eigenvalue weighted by Gasteiger charge is 2.17. The van der Waals surface area contributed by atoms with Gasteiger partial charge < -0.3 is 10.6 Å². The van der Waals surface area contributed by atoms with Gasteiger partial charge >= 0.3 is 0 Å². The molecule has 2 N–H and O–H groups in total. The van der Waals surface area contributed by atoms with E-state index in [9.17, 15) is 22.0 Å². The van der Waals surface area contributed by atoms with Crippen LogP contribution in [0.2, 0.25) is 0 Å². The first kappa shape index (κ1) is 18.8. The molecule has 0 atom stereocenters. The van der Waals surface area contributed by atoms with E-state index < -0.39 is 27.6 Å². The zero-order valence-electron chi connectivity index (χ0n) is 13.6. The first-order valence-electron chi connectivity index (χ1n) is 7.21. The van der Waals surface area contributed by atoms with E-state index in [0.29, 0.717) is 5.69 Å². The van der Waals surface area contributed by atoms with E-state index in [4.69, 9.17) is 0 Å². The maximum Gasteiger partial charge on any atom is 0.243 e. The Hall–Kier alpha value is -2.52. The molecule has 0 aliphatic heterocycles. The monoisotopic (exact) mass is 369 g/mol. The molecule has 0 fully saturated rings. The maximum atomic E-state index is 13.1. The topological polar surface area (TPSA) is 78.5 Å². The van der Waals surface area contributed by atoms with Crippen LogP contribution in [0.25, 0.3) is 0 Å². The van der Waals surface area contributed by atoms with Crippen LogP contribution >= 0.6 is 0 Å². The number of anilines is 2. The summed E-state index contributed by atoms with van der Waals surface area (Å²) in [5, 5.41) is 5.19. The van der Waals surface area contributed by atoms with Crippen LogP contribution in [0, 0.1) is 11.6 Å². The fourth-order valence-corrected chi connectivity index (χ4v) is 2.89. The minimum absolute atomic E-state index is 0.0866. The average Bonchev–Trinajstić information content (AvgIpc) is 2.56. The Morgan fingerprint density at radius 1 is 1.04 bits per heavy atom. The molecule has 0 heterocycles. The Labute approximate surface area is 144 Å². The lowest BCUT2D eigenvalue weighted by molar-refractivity contribution is -0.114. The molecule has 0 aliphatic carbocycles. The quantitative estimate of drug-likeness (QED) is 0.819. The predicted molar refractivity (Wildman–Crippen MR) is 90.8 cm³/mol. The van der Waals surface area contributed by atoms with Crippen LogP contribution in [-0.4, -0.2) is 39.3 Å². The zero-order valence-corrected chi connectivity index (χ0v) is 14.4. The maximum absolute atomic E-state index is 13.1. The van der Waals surface area contributed by atoms with E-state index >= 15 is 0 Å². The highest BCUT2D eigenvalue weighted by molar-refractivity contribution is 7.89. The smallest absolute Gasteiger partial charge is 0.243 e. The highest BCUT2D eigenvalue weighted by Crippen LogP contribution is 2.18. The molecule has 2 aromatic carbocycles. The molecule has 0 unspecified atom stereocenters. The molecule has 0 radical (unpaired) electrons. The van der Waals surface area contributed by atoms with E-state index in [2.05, 4.69) is 10.6 Å². The minimum atomic E-state index is -3.58. The first-order chi connectivity index (χ1) is 11.7. The first-order valence-corrected chi connectivity index (χ1v) is 8.65. The van der Waals surface area contributed by atoms with Gasteiger partial charge in [-0.05, 0) is 30.3 Å². The van der Waals surface area contributed by atoms with Gasteiger partial charge in [-0.3, -0.25) is 4.79 Å². The Morgan fingerprint density at radius 3 is 2.40 bits per heavy atom. The van der Waals surface area contributed by atoms with Gasteiger partial charge in [0.15, 0.2) is 11.6 Å². The van der Waals surface area contributed by atoms with Gasteiger partial charge in [0.1, 0.15) is 0 Å². The van der Waals surface area contributed by atoms with Gasteiger partial charge in [0.2, 0.25) is 15.9 Å². The summed E-state index contributed by atoms with van der Waals surface area (Å²) in [7, 11) is -0.737. The lowest BCUT2D eigenvalue weighted by atomic mass is 10.3. The van der Waals surface area contributed by atoms with Crippen molar-refractivity contribution in [2.45, 2.75) is 4.90 Å². The van der Waals surface area contributed by atoms with Crippen LogP contribution < -0.4 is 10.6 Å². The molecule has 134 valence electrons. The third-order valence-electron chi connectivity index (χ3n) is 3.27. The number of hydrogen-bond acceptors (Lipinski definition) is 4. The molecular weight excluding hydrogens is 352 g/mol. The second-order valence-corrected chi connectivity index (χ2v) is 7.50. The summed E-state index contributed by atoms with van der Waals surface area (Å²) < 4.78 is 51.2. The van der Waals surface area contributed by atoms with Gasteiger partial charge in [-0.25, -0.2) is 21.5 Å². The van der Waals surface area contributed by atoms with Gasteiger partial charge in [0.05, 0.1) is 11.4 Å². The normalized spacial score (nSPS) is 11.4. The van der Waals surface area contributed by atoms with Crippen LogP contribution in [0.5, 0.6) is 0 Å². The second-order valence-electron chi connectivity index (χ2n) is 5.35. The van der Waals surface area contributed by atoms with Crippen molar-refractivity contribution in [1.29, 1.82) is 0 Å². The van der Waals surface area contributed by atoms with E-state index in [1.54, 1.807) is 12.1 Å². The Kier molecular flexibility index (Phi) is 5.70. The molecule has 1 amide bonds. The van der Waals surface area contributed by atoms with Crippen molar-refractivity contribution in [3.05, 3.63) is 54.1 Å². The summed E-state index contributed by atoms with van der Waals surface area (Å²) in [5.41, 5.74) is 0.554. The molecule has 25 heavy (non-hydrogen) atoms. The number of halogens is 2. The van der Waals surface area contributed by atoms with E-state index in [1.807, 2.05) is 0 Å². The summed E-state index contributed by atoms with van der Waals surface area (Å²) in [4.78, 5) is 11.9. The Bertz CT molecular complexity index is 886. The second kappa shape index (κ2) is 7.58. The highest BCUT2D eigenvalue weighted by atomic mass is 32.2. The van der Waals surface area contributed by atoms with Crippen molar-refractivity contribution in [1.82, 2.24) is 4.31 Å². The molecule has 2 aromatic rings. The Balaban J connectivity index is 2.01. The molecule has 2 rings (SSSR count). The molecule has 0 bridgehead atoms. The number of nitrogens with one attached hydrogen (secondary N) is 2. The molecule has 0 saturated carbocycles. The number of carbonyl (C=O) groups is 1. The number of nitrogens with zero attached hydrogens (tertiary/aromatic N) is 1. The summed E-state index contributed by atoms with van der Waals surface area (Å²) in [6, 6.07) is 9.03. The summed E-state index contributed by atoms with van der Waals surface area (Å²) in [6.07, 6.45) is 0. The fraction of sp³-hybridized carbons (Fsp3) is 0.188. The van der Waals surface area contributed by atoms with Gasteiger partial charge in [-0.15, -0.1) is 0 Å². The number of sulfonamides is 1. The predicted octanol–water partition coefficient (Wildman–Crippen LogP) is 2.27. The van der Waals surface area contributed by atoms with Crippen molar-refractivity contribution < 1.29 is 22.0 Å². The molecular formula is C16H17F2N3O3S. The number of benzene rings is 2. The van der Waals surface area contributed by atoms with Crippen LogP contribution in [0.4, 0.5) is 20.2 Å². The SMILES string of the molecule is CN(C)S(=O)(=O)c1cccc(NCC(=O)Nc2ccc(F)c(F)c2)c1. The molecule has 0 aromatic heterocycles. The fourth-order valence-electron chi connectivity index (χ4n) is 1.94. The largest absolute Gasteiger partial charge is 0.376 e. The van der Waals surface area contributed by atoms with Gasteiger partial charge in [-0.1, -0.05) is 6.07 Å². The standard InChI is InChI=1S/C16H17F2N3O3S/c1-21(2)25(23,24)13-5-3-4-11(8-13)19-10-16(22)20-12-6-7-14(17)15(18)9-12/h3-9,19H,10H2,1-2H3,(H,20,22). The van der Waals surface area contributed by atoms with Gasteiger partial charge in [0, 0.05) is 31.5 Å². The zero-order chi connectivity index (χ0) is 18.6. The molecule has 0 saturated heterocycles. The molecule has 6 nitrogen and oxygen atoms in total. The van der Waals surface area contributed by atoms with Crippen molar-refractivity contribution in [3.63, 3.8) is 0 Å². The number of hydrogen-bond donors (Lipinski definition) is 2. The molecule has 9 heteroatoms. The van der Waals surface area contributed by atoms with Crippen LogP contribution in [-0.2, 0) is 14.8 Å². The molecule has 0 spiro atoms. The number of amides is 1. The van der Waals surface area contributed by atoms with Crippen molar-refractivity contribution in [3.8, 4) is 0 Å². The van der Waals surface area contributed by atoms with Crippen LogP contribution in [0.3, 0.4) is 0 Å². The summed E-state index contributed by atoms with van der Waals surface area (Å²) in [6.45, 7) is -0.176. The van der Waals surface area contributed by atoms with Crippen LogP contribution in [0.15, 0.2) is 47.4 Å². The van der Waals surface area contributed by atoms with Crippen molar-refractivity contribution in [2.75, 3.05) is 31.3 Å². The summed E-state index contributed by atoms with van der Waals surface area (Å²) in [5.74, 6) is -2.56. The minimum Gasteiger partial charge on any atom is -0.376 e. The van der Waals surface area contributed by atoms with E-state index in [0.717, 1.165) is 16.4 Å². The van der Waals surface area contributed by atoms with Crippen molar-refractivity contribution in [2.24, 2.45) is 0 Å². The average molecular weight is 369 g/mol. The van der Waals surface area contributed by atoms with Gasteiger partial charge in [0.25, 0.3) is 0 Å².